The van der Waals surface area contributed by atoms with Crippen LogP contribution in [-0.4, -0.2) is 22.0 Å². The normalized spacial score (nSPS) is 12.1. The Morgan fingerprint density at radius 3 is 2.70 bits per heavy atom. The van der Waals surface area contributed by atoms with Crippen molar-refractivity contribution >= 4 is 16.9 Å². The number of aryl methyl sites for hydroxylation is 1. The molecule has 2 aromatic carbocycles. The Morgan fingerprint density at radius 2 is 1.96 bits per heavy atom. The molecule has 1 atom stereocenters. The van der Waals surface area contributed by atoms with E-state index in [-0.39, 0.29) is 5.91 Å². The summed E-state index contributed by atoms with van der Waals surface area (Å²) in [7, 11) is 0. The van der Waals surface area contributed by atoms with Crippen LogP contribution in [0.2, 0.25) is 0 Å². The summed E-state index contributed by atoms with van der Waals surface area (Å²) in [5.41, 5.74) is 3.00. The van der Waals surface area contributed by atoms with E-state index in [0.29, 0.717) is 12.3 Å². The van der Waals surface area contributed by atoms with Crippen LogP contribution in [0.25, 0.3) is 11.0 Å². The quantitative estimate of drug-likeness (QED) is 0.761. The number of rotatable bonds is 5. The van der Waals surface area contributed by atoms with Gasteiger partial charge < -0.3 is 15.0 Å². The Balaban J connectivity index is 1.56. The van der Waals surface area contributed by atoms with Crippen LogP contribution in [0.15, 0.2) is 48.5 Å². The van der Waals surface area contributed by atoms with E-state index in [1.165, 1.54) is 0 Å². The molecular formula is C18H19N3O2. The summed E-state index contributed by atoms with van der Waals surface area (Å²) in [4.78, 5) is 19.7. The van der Waals surface area contributed by atoms with Crippen molar-refractivity contribution in [3.05, 3.63) is 59.9 Å². The lowest BCUT2D eigenvalue weighted by Gasteiger charge is -2.14. The molecular weight excluding hydrogens is 290 g/mol. The number of carbonyl (C=O) groups is 1. The van der Waals surface area contributed by atoms with Gasteiger partial charge in [-0.3, -0.25) is 4.79 Å². The number of nitrogens with one attached hydrogen (secondary N) is 2. The lowest BCUT2D eigenvalue weighted by atomic mass is 10.2. The molecule has 1 unspecified atom stereocenters. The predicted molar refractivity (Wildman–Crippen MR) is 89.2 cm³/mol. The zero-order valence-corrected chi connectivity index (χ0v) is 13.2. The van der Waals surface area contributed by atoms with Crippen LogP contribution >= 0.6 is 0 Å². The van der Waals surface area contributed by atoms with Gasteiger partial charge in [0.25, 0.3) is 5.91 Å². The van der Waals surface area contributed by atoms with Gasteiger partial charge in [0, 0.05) is 0 Å². The summed E-state index contributed by atoms with van der Waals surface area (Å²) in [6, 6.07) is 15.4. The molecule has 3 rings (SSSR count). The number of amides is 1. The Morgan fingerprint density at radius 1 is 1.22 bits per heavy atom. The fourth-order valence-corrected chi connectivity index (χ4v) is 2.28. The molecule has 0 bridgehead atoms. The van der Waals surface area contributed by atoms with E-state index in [1.54, 1.807) is 6.92 Å². The second kappa shape index (κ2) is 6.52. The van der Waals surface area contributed by atoms with Gasteiger partial charge in [-0.15, -0.1) is 0 Å². The highest BCUT2D eigenvalue weighted by molar-refractivity contribution is 5.80. The lowest BCUT2D eigenvalue weighted by Crippen LogP contribution is -2.36. The zero-order chi connectivity index (χ0) is 16.2. The number of imidazole rings is 1. The monoisotopic (exact) mass is 309 g/mol. The van der Waals surface area contributed by atoms with Crippen LogP contribution in [0.4, 0.5) is 0 Å². The van der Waals surface area contributed by atoms with E-state index in [0.717, 1.165) is 22.4 Å². The fraction of sp³-hybridized carbons (Fsp3) is 0.222. The first-order valence-electron chi connectivity index (χ1n) is 7.56. The van der Waals surface area contributed by atoms with E-state index in [4.69, 9.17) is 4.74 Å². The molecule has 0 spiro atoms. The number of ether oxygens (including phenoxy) is 1. The molecule has 2 N–H and O–H groups in total. The first-order valence-corrected chi connectivity index (χ1v) is 7.56. The smallest absolute Gasteiger partial charge is 0.261 e. The van der Waals surface area contributed by atoms with E-state index < -0.39 is 6.10 Å². The minimum atomic E-state index is -0.568. The summed E-state index contributed by atoms with van der Waals surface area (Å²) >= 11 is 0. The van der Waals surface area contributed by atoms with Crippen molar-refractivity contribution in [2.45, 2.75) is 26.5 Å². The maximum Gasteiger partial charge on any atom is 0.261 e. The molecule has 0 fully saturated rings. The molecule has 5 heteroatoms. The van der Waals surface area contributed by atoms with Gasteiger partial charge in [0.15, 0.2) is 6.10 Å². The highest BCUT2D eigenvalue weighted by atomic mass is 16.5. The summed E-state index contributed by atoms with van der Waals surface area (Å²) < 4.78 is 5.64. The van der Waals surface area contributed by atoms with Gasteiger partial charge in [-0.05, 0) is 38.1 Å². The van der Waals surface area contributed by atoms with Crippen LogP contribution in [0.3, 0.4) is 0 Å². The van der Waals surface area contributed by atoms with Gasteiger partial charge in [0.05, 0.1) is 17.6 Å². The maximum absolute atomic E-state index is 12.1. The average Bonchev–Trinajstić information content (AvgIpc) is 2.97. The van der Waals surface area contributed by atoms with Gasteiger partial charge >= 0.3 is 0 Å². The molecule has 1 amide bonds. The van der Waals surface area contributed by atoms with Crippen LogP contribution in [-0.2, 0) is 11.3 Å². The SMILES string of the molecule is Cc1ccc(OC(C)C(=O)NCc2nc3ccccc3[nH]2)cc1. The maximum atomic E-state index is 12.1. The largest absolute Gasteiger partial charge is 0.481 e. The number of hydrogen-bond donors (Lipinski definition) is 2. The average molecular weight is 309 g/mol. The van der Waals surface area contributed by atoms with Crippen molar-refractivity contribution in [3.63, 3.8) is 0 Å². The molecule has 0 aliphatic carbocycles. The highest BCUT2D eigenvalue weighted by Crippen LogP contribution is 2.13. The number of carbonyl (C=O) groups excluding carboxylic acids is 1. The Kier molecular flexibility index (Phi) is 4.28. The van der Waals surface area contributed by atoms with Gasteiger partial charge in [-0.2, -0.15) is 0 Å². The number of fused-ring (bicyclic) bond motifs is 1. The standard InChI is InChI=1S/C18H19N3O2/c1-12-7-9-14(10-8-12)23-13(2)18(22)19-11-17-20-15-5-3-4-6-16(15)21-17/h3-10,13H,11H2,1-2H3,(H,19,22)(H,20,21). The number of aromatic nitrogens is 2. The van der Waals surface area contributed by atoms with Crippen molar-refractivity contribution in [3.8, 4) is 5.75 Å². The molecule has 0 aliphatic heterocycles. The number of aromatic amines is 1. The number of H-pyrrole nitrogens is 1. The molecule has 1 heterocycles. The second-order valence-corrected chi connectivity index (χ2v) is 5.49. The van der Waals surface area contributed by atoms with Gasteiger partial charge in [0.2, 0.25) is 0 Å². The van der Waals surface area contributed by atoms with Crippen molar-refractivity contribution in [2.75, 3.05) is 0 Å². The van der Waals surface area contributed by atoms with Crippen LogP contribution in [0, 0.1) is 6.92 Å². The van der Waals surface area contributed by atoms with E-state index in [1.807, 2.05) is 55.5 Å². The van der Waals surface area contributed by atoms with E-state index >= 15 is 0 Å². The topological polar surface area (TPSA) is 67.0 Å². The first kappa shape index (κ1) is 15.1. The van der Waals surface area contributed by atoms with Crippen LogP contribution in [0.5, 0.6) is 5.75 Å². The molecule has 0 radical (unpaired) electrons. The van der Waals surface area contributed by atoms with Crippen molar-refractivity contribution < 1.29 is 9.53 Å². The van der Waals surface area contributed by atoms with Crippen molar-refractivity contribution in [1.29, 1.82) is 0 Å². The molecule has 118 valence electrons. The lowest BCUT2D eigenvalue weighted by molar-refractivity contribution is -0.127. The van der Waals surface area contributed by atoms with Crippen molar-refractivity contribution in [1.82, 2.24) is 15.3 Å². The Bertz CT molecular complexity index is 776. The molecule has 0 saturated carbocycles. The van der Waals surface area contributed by atoms with Crippen LogP contribution < -0.4 is 10.1 Å². The third-order valence-corrected chi connectivity index (χ3v) is 3.57. The number of hydrogen-bond acceptors (Lipinski definition) is 3. The van der Waals surface area contributed by atoms with E-state index in [9.17, 15) is 4.79 Å². The van der Waals surface area contributed by atoms with Gasteiger partial charge in [0.1, 0.15) is 11.6 Å². The second-order valence-electron chi connectivity index (χ2n) is 5.49. The molecule has 0 saturated heterocycles. The number of nitrogens with zero attached hydrogens (tertiary/aromatic N) is 1. The third kappa shape index (κ3) is 3.69. The Hall–Kier alpha value is -2.82. The minimum Gasteiger partial charge on any atom is -0.481 e. The molecule has 3 aromatic rings. The predicted octanol–water partition coefficient (Wildman–Crippen LogP) is 2.96. The summed E-state index contributed by atoms with van der Waals surface area (Å²) in [5, 5.41) is 2.83. The Labute approximate surface area is 134 Å². The zero-order valence-electron chi connectivity index (χ0n) is 13.2. The number of benzene rings is 2. The highest BCUT2D eigenvalue weighted by Gasteiger charge is 2.15. The molecule has 5 nitrogen and oxygen atoms in total. The van der Waals surface area contributed by atoms with Gasteiger partial charge in [-0.1, -0.05) is 29.8 Å². The molecule has 23 heavy (non-hydrogen) atoms. The first-order chi connectivity index (χ1) is 11.1. The third-order valence-electron chi connectivity index (χ3n) is 3.57. The molecule has 0 aliphatic rings. The summed E-state index contributed by atoms with van der Waals surface area (Å²) in [5.74, 6) is 1.23. The fourth-order valence-electron chi connectivity index (χ4n) is 2.28. The molecule has 1 aromatic heterocycles. The van der Waals surface area contributed by atoms with E-state index in [2.05, 4.69) is 15.3 Å². The van der Waals surface area contributed by atoms with Crippen LogP contribution in [0.1, 0.15) is 18.3 Å². The van der Waals surface area contributed by atoms with Crippen molar-refractivity contribution in [2.24, 2.45) is 0 Å². The summed E-state index contributed by atoms with van der Waals surface area (Å²) in [6.07, 6.45) is -0.568. The number of para-hydroxylation sites is 2. The summed E-state index contributed by atoms with van der Waals surface area (Å²) in [6.45, 7) is 4.08. The van der Waals surface area contributed by atoms with Gasteiger partial charge in [-0.25, -0.2) is 4.98 Å². The minimum absolute atomic E-state index is 0.175.